The second-order valence-electron chi connectivity index (χ2n) is 6.89. The summed E-state index contributed by atoms with van der Waals surface area (Å²) in [6, 6.07) is 14.8. The molecule has 3 rings (SSSR count). The average molecular weight is 755 g/mol. The smallest absolute Gasteiger partial charge is 0.272 e. The van der Waals surface area contributed by atoms with Crippen LogP contribution in [0.1, 0.15) is 11.1 Å². The van der Waals surface area contributed by atoms with E-state index >= 15 is 0 Å². The molecule has 3 aromatic rings. The van der Waals surface area contributed by atoms with Gasteiger partial charge < -0.3 is 10.1 Å². The summed E-state index contributed by atoms with van der Waals surface area (Å²) in [5.41, 5.74) is 0.996. The van der Waals surface area contributed by atoms with Crippen molar-refractivity contribution in [2.24, 2.45) is 0 Å². The van der Waals surface area contributed by atoms with E-state index in [2.05, 4.69) is 50.5 Å². The van der Waals surface area contributed by atoms with Crippen LogP contribution in [0.4, 0.5) is 11.4 Å². The third kappa shape index (κ3) is 7.20. The van der Waals surface area contributed by atoms with Crippen LogP contribution in [0.15, 0.2) is 54.1 Å². The van der Waals surface area contributed by atoms with Crippen LogP contribution in [0.5, 0.6) is 5.75 Å². The summed E-state index contributed by atoms with van der Waals surface area (Å²) >= 11 is 22.2. The first kappa shape index (κ1) is 27.5. The number of carbonyl (C=O) groups is 1. The Morgan fingerprint density at radius 1 is 1.09 bits per heavy atom. The predicted octanol–water partition coefficient (Wildman–Crippen LogP) is 7.89. The minimum atomic E-state index is -0.766. The molecule has 0 heterocycles. The Bertz CT molecular complexity index is 1340. The molecule has 0 aliphatic carbocycles. The number of non-ortho nitro benzene ring substituents is 1. The number of nitriles is 1. The lowest BCUT2D eigenvalue weighted by Gasteiger charge is -2.12. The van der Waals surface area contributed by atoms with Gasteiger partial charge in [0, 0.05) is 17.2 Å². The van der Waals surface area contributed by atoms with Gasteiger partial charge in [-0.05, 0) is 86.7 Å². The molecule has 0 saturated heterocycles. The molecular formula is C23H12Cl3I2N3O4. The Hall–Kier alpha value is -2.11. The standard InChI is InChI=1S/C23H12Cl3I2N3O4/c24-15-3-1-12(2-4-15)11-35-22-19(27)6-13(7-20(22)28)5-14(10-29)23(32)30-21-17(25)8-16(31(33)34)9-18(21)26/h1-9H,11H2,(H,30,32)/b14-5+. The van der Waals surface area contributed by atoms with Gasteiger partial charge in [0.15, 0.2) is 0 Å². The first-order valence-corrected chi connectivity index (χ1v) is 12.8. The quantitative estimate of drug-likeness (QED) is 0.0869. The van der Waals surface area contributed by atoms with Crippen LogP contribution in [0, 0.1) is 28.6 Å². The summed E-state index contributed by atoms with van der Waals surface area (Å²) in [5.74, 6) is -0.0936. The molecule has 35 heavy (non-hydrogen) atoms. The molecule has 0 fully saturated rings. The van der Waals surface area contributed by atoms with E-state index in [1.165, 1.54) is 6.08 Å². The Balaban J connectivity index is 1.80. The first-order chi connectivity index (χ1) is 16.6. The highest BCUT2D eigenvalue weighted by Gasteiger charge is 2.19. The zero-order valence-corrected chi connectivity index (χ0v) is 23.9. The fraction of sp³-hybridized carbons (Fsp3) is 0.0435. The zero-order valence-electron chi connectivity index (χ0n) is 17.3. The summed E-state index contributed by atoms with van der Waals surface area (Å²) < 4.78 is 7.53. The van der Waals surface area contributed by atoms with Crippen molar-refractivity contribution in [2.75, 3.05) is 5.32 Å². The van der Waals surface area contributed by atoms with Crippen LogP contribution in [0.3, 0.4) is 0 Å². The first-order valence-electron chi connectivity index (χ1n) is 9.52. The van der Waals surface area contributed by atoms with Gasteiger partial charge in [-0.25, -0.2) is 0 Å². The van der Waals surface area contributed by atoms with Gasteiger partial charge in [-0.3, -0.25) is 14.9 Å². The Labute approximate surface area is 242 Å². The van der Waals surface area contributed by atoms with Crippen LogP contribution < -0.4 is 10.1 Å². The van der Waals surface area contributed by atoms with E-state index in [4.69, 9.17) is 39.5 Å². The SMILES string of the molecule is N#C/C(=C\c1cc(I)c(OCc2ccc(Cl)cc2)c(I)c1)C(=O)Nc1c(Cl)cc([N+](=O)[O-])cc1Cl. The molecule has 12 heteroatoms. The lowest BCUT2D eigenvalue weighted by Crippen LogP contribution is -2.14. The van der Waals surface area contributed by atoms with Gasteiger partial charge in [0.25, 0.3) is 11.6 Å². The fourth-order valence-corrected chi connectivity index (χ4v) is 5.64. The summed E-state index contributed by atoms with van der Waals surface area (Å²) in [6.07, 6.45) is 1.41. The third-order valence-electron chi connectivity index (χ3n) is 4.47. The molecule has 0 aromatic heterocycles. The van der Waals surface area contributed by atoms with Crippen LogP contribution in [0.25, 0.3) is 6.08 Å². The lowest BCUT2D eigenvalue weighted by atomic mass is 10.1. The molecule has 0 aliphatic heterocycles. The van der Waals surface area contributed by atoms with Gasteiger partial charge in [0.05, 0.1) is 27.8 Å². The molecule has 0 aliphatic rings. The van der Waals surface area contributed by atoms with Crippen LogP contribution in [0.2, 0.25) is 15.1 Å². The van der Waals surface area contributed by atoms with Crippen LogP contribution in [-0.4, -0.2) is 10.8 Å². The minimum absolute atomic E-state index is 0.0276. The Morgan fingerprint density at radius 2 is 1.66 bits per heavy atom. The largest absolute Gasteiger partial charge is 0.487 e. The van der Waals surface area contributed by atoms with E-state index in [0.717, 1.165) is 24.8 Å². The number of nitro benzene ring substituents is 1. The van der Waals surface area contributed by atoms with E-state index in [-0.39, 0.29) is 27.0 Å². The highest BCUT2D eigenvalue weighted by molar-refractivity contribution is 14.1. The summed E-state index contributed by atoms with van der Waals surface area (Å²) in [6.45, 7) is 0.348. The molecule has 178 valence electrons. The van der Waals surface area contributed by atoms with Crippen molar-refractivity contribution in [1.82, 2.24) is 0 Å². The van der Waals surface area contributed by atoms with Crippen LogP contribution >= 0.6 is 80.0 Å². The maximum atomic E-state index is 12.7. The van der Waals surface area contributed by atoms with Crippen molar-refractivity contribution in [3.05, 3.63) is 97.6 Å². The zero-order chi connectivity index (χ0) is 25.7. The van der Waals surface area contributed by atoms with Gasteiger partial charge in [-0.1, -0.05) is 46.9 Å². The number of rotatable bonds is 7. The predicted molar refractivity (Wildman–Crippen MR) is 153 cm³/mol. The van der Waals surface area contributed by atoms with Gasteiger partial charge in [-0.15, -0.1) is 0 Å². The number of hydrogen-bond acceptors (Lipinski definition) is 5. The average Bonchev–Trinajstić information content (AvgIpc) is 2.80. The van der Waals surface area contributed by atoms with Gasteiger partial charge in [-0.2, -0.15) is 5.26 Å². The van der Waals surface area contributed by atoms with Crippen molar-refractivity contribution >= 4 is 103 Å². The number of carbonyl (C=O) groups excluding carboxylic acids is 1. The summed E-state index contributed by atoms with van der Waals surface area (Å²) in [7, 11) is 0. The van der Waals surface area contributed by atoms with Crippen molar-refractivity contribution in [1.29, 1.82) is 5.26 Å². The van der Waals surface area contributed by atoms with Crippen molar-refractivity contribution < 1.29 is 14.5 Å². The second-order valence-corrected chi connectivity index (χ2v) is 10.5. The molecule has 0 radical (unpaired) electrons. The van der Waals surface area contributed by atoms with E-state index in [1.807, 2.05) is 18.2 Å². The number of nitrogens with zero attached hydrogens (tertiary/aromatic N) is 2. The Morgan fingerprint density at radius 3 is 2.17 bits per heavy atom. The molecule has 7 nitrogen and oxygen atoms in total. The molecule has 1 N–H and O–H groups in total. The van der Waals surface area contributed by atoms with Gasteiger partial charge in [0.2, 0.25) is 0 Å². The normalized spacial score (nSPS) is 11.0. The van der Waals surface area contributed by atoms with Crippen molar-refractivity contribution in [3.8, 4) is 11.8 Å². The maximum absolute atomic E-state index is 12.7. The molecule has 0 unspecified atom stereocenters. The summed E-state index contributed by atoms with van der Waals surface area (Å²) in [4.78, 5) is 23.0. The number of ether oxygens (including phenoxy) is 1. The number of halogens is 5. The molecule has 0 atom stereocenters. The number of nitrogens with one attached hydrogen (secondary N) is 1. The second kappa shape index (κ2) is 12.2. The molecule has 0 spiro atoms. The van der Waals surface area contributed by atoms with E-state index in [0.29, 0.717) is 22.9 Å². The topological polar surface area (TPSA) is 105 Å². The highest BCUT2D eigenvalue weighted by Crippen LogP contribution is 2.35. The molecule has 3 aromatic carbocycles. The highest BCUT2D eigenvalue weighted by atomic mass is 127. The van der Waals surface area contributed by atoms with E-state index < -0.39 is 10.8 Å². The fourth-order valence-electron chi connectivity index (χ4n) is 2.82. The number of nitro groups is 1. The number of hydrogen-bond donors (Lipinski definition) is 1. The number of benzene rings is 3. The van der Waals surface area contributed by atoms with E-state index in [9.17, 15) is 20.2 Å². The summed E-state index contributed by atoms with van der Waals surface area (Å²) in [5, 5.41) is 23.3. The lowest BCUT2D eigenvalue weighted by molar-refractivity contribution is -0.384. The van der Waals surface area contributed by atoms with E-state index in [1.54, 1.807) is 24.3 Å². The molecule has 1 amide bonds. The Kier molecular flexibility index (Phi) is 9.60. The van der Waals surface area contributed by atoms with Gasteiger partial charge in [0.1, 0.15) is 24.0 Å². The maximum Gasteiger partial charge on any atom is 0.272 e. The number of amides is 1. The molecule has 0 saturated carbocycles. The van der Waals surface area contributed by atoms with Crippen molar-refractivity contribution in [2.45, 2.75) is 6.61 Å². The number of anilines is 1. The minimum Gasteiger partial charge on any atom is -0.487 e. The van der Waals surface area contributed by atoms with Crippen LogP contribution in [-0.2, 0) is 11.4 Å². The molecular weight excluding hydrogens is 742 g/mol. The third-order valence-corrected chi connectivity index (χ3v) is 6.92. The van der Waals surface area contributed by atoms with Crippen molar-refractivity contribution in [3.63, 3.8) is 0 Å². The monoisotopic (exact) mass is 753 g/mol. The molecule has 0 bridgehead atoms. The van der Waals surface area contributed by atoms with Gasteiger partial charge >= 0.3 is 0 Å².